The molecule has 0 unspecified atom stereocenters. The third-order valence-electron chi connectivity index (χ3n) is 5.06. The van der Waals surface area contributed by atoms with Gasteiger partial charge in [0.1, 0.15) is 7.05 Å². The molecule has 1 aromatic heterocycles. The molecule has 1 nitrogen and oxygen atoms in total. The van der Waals surface area contributed by atoms with Crippen LogP contribution in [-0.4, -0.2) is 0 Å². The molecule has 1 aromatic carbocycles. The number of benzene rings is 1. The van der Waals surface area contributed by atoms with Crippen LogP contribution < -0.4 is 4.57 Å². The second-order valence-corrected chi connectivity index (χ2v) is 6.71. The van der Waals surface area contributed by atoms with E-state index in [9.17, 15) is 0 Å². The maximum absolute atomic E-state index is 7.59. The molecule has 1 aliphatic rings. The summed E-state index contributed by atoms with van der Waals surface area (Å²) < 4.78 is 24.9. The van der Waals surface area contributed by atoms with Gasteiger partial charge < -0.3 is 0 Å². The van der Waals surface area contributed by atoms with Gasteiger partial charge >= 0.3 is 0 Å². The van der Waals surface area contributed by atoms with E-state index in [2.05, 4.69) is 29.8 Å². The van der Waals surface area contributed by atoms with Crippen LogP contribution in [0.4, 0.5) is 0 Å². The first kappa shape index (κ1) is 11.0. The summed E-state index contributed by atoms with van der Waals surface area (Å²) in [5, 5.41) is 0. The van der Waals surface area contributed by atoms with Crippen LogP contribution in [0.2, 0.25) is 0 Å². The highest BCUT2D eigenvalue weighted by Crippen LogP contribution is 2.41. The Labute approximate surface area is 132 Å². The average molecular weight is 283 g/mol. The van der Waals surface area contributed by atoms with E-state index in [1.165, 1.54) is 31.2 Å². The number of aryl methyl sites for hydroxylation is 3. The predicted molar refractivity (Wildman–Crippen MR) is 88.3 cm³/mol. The Morgan fingerprint density at radius 2 is 1.90 bits per heavy atom. The number of aromatic nitrogens is 1. The molecule has 110 valence electrons. The molecular formula is C20H26N+. The lowest BCUT2D eigenvalue weighted by Gasteiger charge is -2.24. The van der Waals surface area contributed by atoms with Crippen LogP contribution in [0, 0.1) is 13.8 Å². The van der Waals surface area contributed by atoms with Crippen LogP contribution in [0.1, 0.15) is 53.4 Å². The molecule has 1 saturated carbocycles. The lowest BCUT2D eigenvalue weighted by molar-refractivity contribution is -0.660. The number of hydrogen-bond donors (Lipinski definition) is 0. The van der Waals surface area contributed by atoms with Gasteiger partial charge in [0, 0.05) is 21.8 Å². The normalized spacial score (nSPS) is 19.9. The van der Waals surface area contributed by atoms with Gasteiger partial charge in [0.15, 0.2) is 6.20 Å². The Kier molecular flexibility index (Phi) is 2.77. The molecule has 0 saturated heterocycles. The first-order valence-electron chi connectivity index (χ1n) is 9.32. The van der Waals surface area contributed by atoms with Crippen molar-refractivity contribution in [3.63, 3.8) is 0 Å². The number of pyridine rings is 1. The molecule has 0 radical (unpaired) electrons. The topological polar surface area (TPSA) is 3.88 Å². The van der Waals surface area contributed by atoms with Gasteiger partial charge in [0.2, 0.25) is 5.69 Å². The summed E-state index contributed by atoms with van der Waals surface area (Å²) in [5.41, 5.74) is 5.34. The minimum atomic E-state index is -2.05. The Bertz CT molecular complexity index is 756. The van der Waals surface area contributed by atoms with Crippen molar-refractivity contribution in [2.75, 3.05) is 0 Å². The van der Waals surface area contributed by atoms with Gasteiger partial charge in [0.05, 0.1) is 0 Å². The minimum Gasteiger partial charge on any atom is -0.201 e. The van der Waals surface area contributed by atoms with Crippen molar-refractivity contribution in [1.29, 1.82) is 0 Å². The summed E-state index contributed by atoms with van der Waals surface area (Å²) in [5.74, 6) is 0. The summed E-state index contributed by atoms with van der Waals surface area (Å²) in [6.07, 6.45) is 7.23. The smallest absolute Gasteiger partial charge is 0.201 e. The Balaban J connectivity index is 2.06. The second kappa shape index (κ2) is 5.29. The monoisotopic (exact) mass is 283 g/mol. The van der Waals surface area contributed by atoms with E-state index in [1.807, 2.05) is 20.0 Å². The molecule has 0 N–H and O–H groups in total. The fourth-order valence-electron chi connectivity index (χ4n) is 3.61. The van der Waals surface area contributed by atoms with E-state index in [0.717, 1.165) is 16.8 Å². The summed E-state index contributed by atoms with van der Waals surface area (Å²) in [4.78, 5) is 0. The van der Waals surface area contributed by atoms with Crippen molar-refractivity contribution in [3.05, 3.63) is 53.2 Å². The van der Waals surface area contributed by atoms with Crippen molar-refractivity contribution >= 4 is 0 Å². The van der Waals surface area contributed by atoms with E-state index in [4.69, 9.17) is 4.11 Å². The number of hydrogen-bond acceptors (Lipinski definition) is 0. The van der Waals surface area contributed by atoms with Crippen molar-refractivity contribution < 1.29 is 8.68 Å². The summed E-state index contributed by atoms with van der Waals surface area (Å²) >= 11 is 0. The molecule has 1 fully saturated rings. The molecule has 1 aliphatic carbocycles. The van der Waals surface area contributed by atoms with Crippen LogP contribution in [-0.2, 0) is 12.5 Å². The van der Waals surface area contributed by atoms with Crippen LogP contribution in [0.15, 0.2) is 36.5 Å². The zero-order valence-corrected chi connectivity index (χ0v) is 13.2. The standard InChI is InChI=1S/C20H26N/c1-15-7-8-18(16(2)13-15)19-14-17(9-12-21(19)4)20(3)10-5-6-11-20/h7-9,12-14H,5-6,10-11H2,1-4H3/q+1/i1D3. The summed E-state index contributed by atoms with van der Waals surface area (Å²) in [6.45, 7) is 2.31. The lowest BCUT2D eigenvalue weighted by atomic mass is 9.81. The Hall–Kier alpha value is -1.63. The maximum atomic E-state index is 7.59. The first-order valence-corrected chi connectivity index (χ1v) is 7.82. The zero-order chi connectivity index (χ0) is 17.5. The molecule has 0 spiro atoms. The van der Waals surface area contributed by atoms with E-state index in [-0.39, 0.29) is 5.41 Å². The predicted octanol–water partition coefficient (Wildman–Crippen LogP) is 4.63. The van der Waals surface area contributed by atoms with Gasteiger partial charge in [-0.05, 0) is 49.2 Å². The van der Waals surface area contributed by atoms with Gasteiger partial charge in [-0.2, -0.15) is 0 Å². The van der Waals surface area contributed by atoms with E-state index < -0.39 is 6.85 Å². The molecule has 0 aliphatic heterocycles. The molecule has 21 heavy (non-hydrogen) atoms. The molecule has 0 amide bonds. The van der Waals surface area contributed by atoms with Crippen LogP contribution in [0.3, 0.4) is 0 Å². The van der Waals surface area contributed by atoms with E-state index in [0.29, 0.717) is 5.56 Å². The second-order valence-electron chi connectivity index (χ2n) is 6.71. The van der Waals surface area contributed by atoms with Crippen LogP contribution in [0.5, 0.6) is 0 Å². The third-order valence-corrected chi connectivity index (χ3v) is 5.06. The number of nitrogens with zero attached hydrogens (tertiary/aromatic N) is 1. The van der Waals surface area contributed by atoms with Gasteiger partial charge in [-0.25, -0.2) is 4.57 Å². The van der Waals surface area contributed by atoms with Crippen LogP contribution in [0.25, 0.3) is 11.3 Å². The molecule has 1 heteroatoms. The number of rotatable bonds is 2. The highest BCUT2D eigenvalue weighted by Gasteiger charge is 2.32. The lowest BCUT2D eigenvalue weighted by Crippen LogP contribution is -2.32. The van der Waals surface area contributed by atoms with Crippen molar-refractivity contribution in [2.24, 2.45) is 7.05 Å². The van der Waals surface area contributed by atoms with Gasteiger partial charge in [-0.15, -0.1) is 0 Å². The van der Waals surface area contributed by atoms with Crippen molar-refractivity contribution in [3.8, 4) is 11.3 Å². The van der Waals surface area contributed by atoms with Crippen LogP contribution >= 0.6 is 0 Å². The quantitative estimate of drug-likeness (QED) is 0.708. The summed E-state index contributed by atoms with van der Waals surface area (Å²) in [6, 6.07) is 10.0. The Morgan fingerprint density at radius 3 is 2.57 bits per heavy atom. The van der Waals surface area contributed by atoms with Crippen molar-refractivity contribution in [1.82, 2.24) is 0 Å². The summed E-state index contributed by atoms with van der Waals surface area (Å²) in [7, 11) is 2.05. The van der Waals surface area contributed by atoms with Gasteiger partial charge in [-0.1, -0.05) is 37.5 Å². The molecule has 0 atom stereocenters. The molecule has 0 bridgehead atoms. The average Bonchev–Trinajstić information content (AvgIpc) is 2.95. The fourth-order valence-corrected chi connectivity index (χ4v) is 3.61. The van der Waals surface area contributed by atoms with E-state index >= 15 is 0 Å². The highest BCUT2D eigenvalue weighted by atomic mass is 14.9. The third kappa shape index (κ3) is 2.62. The molecule has 3 rings (SSSR count). The fraction of sp³-hybridized carbons (Fsp3) is 0.450. The first-order chi connectivity index (χ1) is 11.2. The molecular weight excluding hydrogens is 254 g/mol. The minimum absolute atomic E-state index is 0.273. The van der Waals surface area contributed by atoms with Crippen molar-refractivity contribution in [2.45, 2.75) is 51.8 Å². The Morgan fingerprint density at radius 1 is 1.14 bits per heavy atom. The maximum Gasteiger partial charge on any atom is 0.212 e. The molecule has 2 aromatic rings. The van der Waals surface area contributed by atoms with E-state index in [1.54, 1.807) is 12.1 Å². The zero-order valence-electron chi connectivity index (χ0n) is 16.2. The highest BCUT2D eigenvalue weighted by molar-refractivity contribution is 5.62. The van der Waals surface area contributed by atoms with Gasteiger partial charge in [0.25, 0.3) is 0 Å². The largest absolute Gasteiger partial charge is 0.212 e. The SMILES string of the molecule is [2H]C([2H])([2H])c1ccc(-c2cc(C3(C)CCCC3)cc[n+]2C)c(C)c1. The van der Waals surface area contributed by atoms with Gasteiger partial charge in [-0.3, -0.25) is 0 Å². The molecule has 1 heterocycles.